The Morgan fingerprint density at radius 1 is 1.11 bits per heavy atom. The van der Waals surface area contributed by atoms with Gasteiger partial charge in [0.1, 0.15) is 6.21 Å². The van der Waals surface area contributed by atoms with Gasteiger partial charge in [-0.25, -0.2) is 0 Å². The van der Waals surface area contributed by atoms with E-state index in [1.807, 2.05) is 42.5 Å². The molecule has 2 aromatic rings. The number of carbonyl (C=O) groups excluding carboxylic acids is 1. The molecular weight excluding hydrogens is 228 g/mol. The van der Waals surface area contributed by atoms with E-state index in [9.17, 15) is 9.90 Å². The molecule has 2 amide bonds. The molecule has 0 bridgehead atoms. The summed E-state index contributed by atoms with van der Waals surface area (Å²) in [6, 6.07) is 13.6. The fourth-order valence-electron chi connectivity index (χ4n) is 1.94. The number of nitrogens with zero attached hydrogens (tertiary/aromatic N) is 1. The first-order valence-electron chi connectivity index (χ1n) is 5.56. The number of amides is 2. The number of fused-ring (bicyclic) bond motifs is 1. The van der Waals surface area contributed by atoms with Gasteiger partial charge < -0.3 is 5.11 Å². The number of hydrogen-bond donors (Lipinski definition) is 2. The molecule has 2 N–H and O–H groups in total. The topological polar surface area (TPSA) is 52.3 Å². The van der Waals surface area contributed by atoms with Gasteiger partial charge in [0, 0.05) is 5.56 Å². The van der Waals surface area contributed by atoms with E-state index in [1.165, 1.54) is 10.8 Å². The van der Waals surface area contributed by atoms with Crippen molar-refractivity contribution in [2.45, 2.75) is 0 Å². The molecule has 0 radical (unpaired) electrons. The number of rotatable bonds is 1. The lowest BCUT2D eigenvalue weighted by molar-refractivity contribution is -0.336. The molecule has 0 fully saturated rings. The molecule has 0 aliphatic carbocycles. The fraction of sp³-hybridized carbons (Fsp3) is 0. The molecule has 0 saturated carbocycles. The smallest absolute Gasteiger partial charge is 0.475 e. The van der Waals surface area contributed by atoms with Crippen LogP contribution in [0.3, 0.4) is 0 Å². The predicted molar refractivity (Wildman–Crippen MR) is 68.6 cm³/mol. The van der Waals surface area contributed by atoms with E-state index >= 15 is 0 Å². The molecular formula is C14H11N2O2+. The fourth-order valence-corrected chi connectivity index (χ4v) is 1.94. The summed E-state index contributed by atoms with van der Waals surface area (Å²) in [6.45, 7) is 0. The molecule has 0 saturated heterocycles. The summed E-state index contributed by atoms with van der Waals surface area (Å²) in [7, 11) is 0. The molecule has 18 heavy (non-hydrogen) atoms. The zero-order chi connectivity index (χ0) is 12.5. The van der Waals surface area contributed by atoms with Crippen LogP contribution in [0.1, 0.15) is 5.56 Å². The van der Waals surface area contributed by atoms with E-state index in [0.29, 0.717) is 0 Å². The zero-order valence-electron chi connectivity index (χ0n) is 9.50. The zero-order valence-corrected chi connectivity index (χ0v) is 9.50. The Morgan fingerprint density at radius 3 is 2.61 bits per heavy atom. The van der Waals surface area contributed by atoms with Crippen LogP contribution in [0.5, 0.6) is 0 Å². The summed E-state index contributed by atoms with van der Waals surface area (Å²) >= 11 is 0. The van der Waals surface area contributed by atoms with Crippen LogP contribution in [0.15, 0.2) is 54.5 Å². The molecule has 0 unspecified atom stereocenters. The lowest BCUT2D eigenvalue weighted by Gasteiger charge is -1.98. The average molecular weight is 239 g/mol. The van der Waals surface area contributed by atoms with Gasteiger partial charge in [-0.2, -0.15) is 14.7 Å². The number of aliphatic hydroxyl groups excluding tert-OH is 1. The second-order valence-corrected chi connectivity index (χ2v) is 4.09. The molecule has 0 spiro atoms. The third kappa shape index (κ3) is 1.84. The van der Waals surface area contributed by atoms with Crippen LogP contribution in [-0.2, 0) is 0 Å². The maximum absolute atomic E-state index is 11.4. The van der Waals surface area contributed by atoms with Crippen molar-refractivity contribution in [2.75, 3.05) is 0 Å². The first kappa shape index (κ1) is 10.5. The molecule has 0 atom stereocenters. The molecule has 88 valence electrons. The van der Waals surface area contributed by atoms with Crippen molar-refractivity contribution in [2.24, 2.45) is 0 Å². The number of urea groups is 1. The summed E-state index contributed by atoms with van der Waals surface area (Å²) in [5, 5.41) is 13.7. The van der Waals surface area contributed by atoms with Crippen molar-refractivity contribution < 1.29 is 14.5 Å². The van der Waals surface area contributed by atoms with E-state index in [4.69, 9.17) is 0 Å². The van der Waals surface area contributed by atoms with Crippen LogP contribution in [-0.4, -0.2) is 21.9 Å². The standard InChI is InChI=1S/C14H10N2O2/c17-13-9-16(14(18)15-13)8-10-5-6-11-3-1-2-4-12(11)7-10/h1-9H,(H-,15,17,18)/p+1. The molecule has 4 nitrogen and oxygen atoms in total. The number of aliphatic hydroxyl groups is 1. The van der Waals surface area contributed by atoms with Crippen molar-refractivity contribution in [3.63, 3.8) is 0 Å². The minimum absolute atomic E-state index is 0.142. The molecule has 0 aromatic heterocycles. The lowest BCUT2D eigenvalue weighted by Crippen LogP contribution is -2.22. The van der Waals surface area contributed by atoms with E-state index in [1.54, 1.807) is 6.21 Å². The van der Waals surface area contributed by atoms with Crippen LogP contribution in [0.2, 0.25) is 0 Å². The van der Waals surface area contributed by atoms with Crippen molar-refractivity contribution in [3.05, 3.63) is 60.1 Å². The molecule has 1 aliphatic rings. The van der Waals surface area contributed by atoms with E-state index < -0.39 is 0 Å². The molecule has 3 rings (SSSR count). The van der Waals surface area contributed by atoms with Crippen LogP contribution in [0.4, 0.5) is 4.79 Å². The van der Waals surface area contributed by atoms with Gasteiger partial charge in [-0.3, -0.25) is 0 Å². The SMILES string of the molecule is O=C1NC(O)=C[N+]1=Cc1ccc2ccccc2c1. The second kappa shape index (κ2) is 4.00. The Hall–Kier alpha value is -2.62. The van der Waals surface area contributed by atoms with Gasteiger partial charge in [0.2, 0.25) is 0 Å². The van der Waals surface area contributed by atoms with E-state index in [-0.39, 0.29) is 11.9 Å². The number of benzene rings is 2. The quantitative estimate of drug-likeness (QED) is 0.750. The summed E-state index contributed by atoms with van der Waals surface area (Å²) in [4.78, 5) is 11.4. The summed E-state index contributed by atoms with van der Waals surface area (Å²) in [5.74, 6) is -0.142. The minimum Gasteiger partial charge on any atom is -0.475 e. The van der Waals surface area contributed by atoms with Gasteiger partial charge in [-0.15, -0.1) is 0 Å². The van der Waals surface area contributed by atoms with Gasteiger partial charge in [0.15, 0.2) is 6.20 Å². The van der Waals surface area contributed by atoms with Crippen molar-refractivity contribution in [1.29, 1.82) is 0 Å². The highest BCUT2D eigenvalue weighted by Crippen LogP contribution is 2.14. The maximum Gasteiger partial charge on any atom is 0.503 e. The van der Waals surface area contributed by atoms with Gasteiger partial charge in [0.05, 0.1) is 0 Å². The molecule has 1 heterocycles. The number of carbonyl (C=O) groups is 1. The highest BCUT2D eigenvalue weighted by molar-refractivity contribution is 5.90. The summed E-state index contributed by atoms with van der Waals surface area (Å²) in [5.41, 5.74) is 0.898. The molecule has 4 heteroatoms. The number of hydrogen-bond acceptors (Lipinski definition) is 2. The normalized spacial score (nSPS) is 17.0. The van der Waals surface area contributed by atoms with Gasteiger partial charge in [-0.05, 0) is 16.8 Å². The number of nitrogens with one attached hydrogen (secondary N) is 1. The minimum atomic E-state index is -0.361. The maximum atomic E-state index is 11.4. The molecule has 2 aromatic carbocycles. The summed E-state index contributed by atoms with van der Waals surface area (Å²) < 4.78 is 1.32. The van der Waals surface area contributed by atoms with Gasteiger partial charge in [-0.1, -0.05) is 36.4 Å². The highest BCUT2D eigenvalue weighted by Gasteiger charge is 2.25. The first-order chi connectivity index (χ1) is 8.72. The van der Waals surface area contributed by atoms with Crippen molar-refractivity contribution in [3.8, 4) is 0 Å². The lowest BCUT2D eigenvalue weighted by atomic mass is 10.1. The Balaban J connectivity index is 2.05. The third-order valence-corrected chi connectivity index (χ3v) is 2.79. The van der Waals surface area contributed by atoms with Crippen LogP contribution in [0.25, 0.3) is 10.8 Å². The van der Waals surface area contributed by atoms with Gasteiger partial charge >= 0.3 is 11.9 Å². The van der Waals surface area contributed by atoms with Gasteiger partial charge in [0.25, 0.3) is 0 Å². The van der Waals surface area contributed by atoms with E-state index in [2.05, 4.69) is 5.32 Å². The highest BCUT2D eigenvalue weighted by atomic mass is 16.3. The Bertz CT molecular complexity index is 702. The Kier molecular flexibility index (Phi) is 2.34. The molecule has 1 aliphatic heterocycles. The largest absolute Gasteiger partial charge is 0.503 e. The van der Waals surface area contributed by atoms with Crippen LogP contribution in [0, 0.1) is 0 Å². The third-order valence-electron chi connectivity index (χ3n) is 2.79. The second-order valence-electron chi connectivity index (χ2n) is 4.09. The van der Waals surface area contributed by atoms with E-state index in [0.717, 1.165) is 16.3 Å². The van der Waals surface area contributed by atoms with Crippen molar-refractivity contribution in [1.82, 2.24) is 5.32 Å². The predicted octanol–water partition coefficient (Wildman–Crippen LogP) is 2.35. The Labute approximate surface area is 103 Å². The van der Waals surface area contributed by atoms with Crippen LogP contribution < -0.4 is 5.32 Å². The Morgan fingerprint density at radius 2 is 1.89 bits per heavy atom. The monoisotopic (exact) mass is 239 g/mol. The first-order valence-corrected chi connectivity index (χ1v) is 5.56. The van der Waals surface area contributed by atoms with Crippen LogP contribution >= 0.6 is 0 Å². The van der Waals surface area contributed by atoms with Crippen molar-refractivity contribution >= 4 is 23.0 Å². The summed E-state index contributed by atoms with van der Waals surface area (Å²) in [6.07, 6.45) is 3.02. The average Bonchev–Trinajstić information content (AvgIpc) is 2.68.